The molecule has 1 aliphatic rings. The van der Waals surface area contributed by atoms with Crippen molar-refractivity contribution in [3.05, 3.63) is 101 Å². The van der Waals surface area contributed by atoms with Crippen LogP contribution in [0.3, 0.4) is 0 Å². The molecule has 0 aromatic heterocycles. The second-order valence-electron chi connectivity index (χ2n) is 9.57. The monoisotopic (exact) mass is 504 g/mol. The molecule has 4 rings (SSSR count). The van der Waals surface area contributed by atoms with E-state index in [0.717, 1.165) is 24.8 Å². The number of likely N-dealkylation sites (tertiary alicyclic amines) is 1. The number of nitrogens with one attached hydrogen (secondary N) is 1. The van der Waals surface area contributed by atoms with Crippen molar-refractivity contribution in [1.29, 1.82) is 0 Å². The molecule has 3 aromatic carbocycles. The first-order valence-corrected chi connectivity index (χ1v) is 14.1. The number of carbonyl (C=O) groups excluding carboxylic acids is 2. The number of benzene rings is 3. The average Bonchev–Trinajstić information content (AvgIpc) is 2.85. The molecular weight excluding hydrogens is 472 g/mol. The Kier molecular flexibility index (Phi) is 8.21. The van der Waals surface area contributed by atoms with Crippen molar-refractivity contribution in [3.8, 4) is 0 Å². The van der Waals surface area contributed by atoms with E-state index in [0.29, 0.717) is 35.8 Å². The molecule has 1 N–H and O–H groups in total. The number of sulfone groups is 1. The fourth-order valence-electron chi connectivity index (χ4n) is 4.60. The molecule has 36 heavy (non-hydrogen) atoms. The van der Waals surface area contributed by atoms with Gasteiger partial charge < -0.3 is 10.2 Å². The smallest absolute Gasteiger partial charge is 0.253 e. The van der Waals surface area contributed by atoms with Crippen LogP contribution in [-0.4, -0.2) is 44.0 Å². The summed E-state index contributed by atoms with van der Waals surface area (Å²) in [6.07, 6.45) is 2.92. The molecule has 0 saturated carbocycles. The lowest BCUT2D eigenvalue weighted by Crippen LogP contribution is -2.39. The number of piperidine rings is 1. The zero-order chi connectivity index (χ0) is 25.5. The summed E-state index contributed by atoms with van der Waals surface area (Å²) in [4.78, 5) is 27.2. The summed E-state index contributed by atoms with van der Waals surface area (Å²) < 4.78 is 25.3. The third-order valence-corrected chi connectivity index (χ3v) is 7.99. The molecule has 0 radical (unpaired) electrons. The van der Waals surface area contributed by atoms with Crippen molar-refractivity contribution in [1.82, 2.24) is 4.90 Å². The molecule has 6 nitrogen and oxygen atoms in total. The van der Waals surface area contributed by atoms with E-state index < -0.39 is 21.5 Å². The van der Waals surface area contributed by atoms with E-state index >= 15 is 0 Å². The maximum absolute atomic E-state index is 13.1. The van der Waals surface area contributed by atoms with E-state index in [4.69, 9.17) is 0 Å². The number of aryl methyl sites for hydroxylation is 1. The zero-order valence-electron chi connectivity index (χ0n) is 20.5. The van der Waals surface area contributed by atoms with E-state index in [9.17, 15) is 18.0 Å². The molecule has 1 aliphatic heterocycles. The Morgan fingerprint density at radius 1 is 0.889 bits per heavy atom. The van der Waals surface area contributed by atoms with Crippen LogP contribution in [0.5, 0.6) is 0 Å². The molecule has 2 amide bonds. The van der Waals surface area contributed by atoms with Crippen LogP contribution in [0.1, 0.15) is 39.9 Å². The molecule has 0 bridgehead atoms. The highest BCUT2D eigenvalue weighted by Crippen LogP contribution is 2.23. The Bertz CT molecular complexity index is 1300. The summed E-state index contributed by atoms with van der Waals surface area (Å²) in [7, 11) is -3.70. The number of anilines is 1. The summed E-state index contributed by atoms with van der Waals surface area (Å²) in [5, 5.41) is 2.62. The van der Waals surface area contributed by atoms with Gasteiger partial charge in [0.15, 0.2) is 9.84 Å². The van der Waals surface area contributed by atoms with Crippen LogP contribution in [0, 0.1) is 12.8 Å². The van der Waals surface area contributed by atoms with Crippen LogP contribution in [0.4, 0.5) is 5.69 Å². The molecule has 1 fully saturated rings. The summed E-state index contributed by atoms with van der Waals surface area (Å²) in [5.74, 6) is -1.02. The minimum absolute atomic E-state index is 0.0791. The molecule has 1 heterocycles. The maximum Gasteiger partial charge on any atom is 0.253 e. The summed E-state index contributed by atoms with van der Waals surface area (Å²) in [5.41, 5.74) is 3.91. The fourth-order valence-corrected chi connectivity index (χ4v) is 5.86. The molecule has 0 unspecified atom stereocenters. The molecule has 3 aromatic rings. The Morgan fingerprint density at radius 2 is 1.56 bits per heavy atom. The highest BCUT2D eigenvalue weighted by molar-refractivity contribution is 7.91. The first-order chi connectivity index (χ1) is 17.3. The van der Waals surface area contributed by atoms with Gasteiger partial charge in [0.1, 0.15) is 5.75 Å². The topological polar surface area (TPSA) is 83.5 Å². The van der Waals surface area contributed by atoms with Gasteiger partial charge in [0.2, 0.25) is 5.91 Å². The SMILES string of the molecule is Cc1ccc(NC(=O)CS(=O)(=O)Cc2cccc(C(=O)N3CCC(Cc4ccccc4)CC3)c2)cc1. The number of nitrogens with zero attached hydrogens (tertiary/aromatic N) is 1. The molecule has 0 atom stereocenters. The van der Waals surface area contributed by atoms with Crippen molar-refractivity contribution in [2.24, 2.45) is 5.92 Å². The molecule has 0 aliphatic carbocycles. The highest BCUT2D eigenvalue weighted by atomic mass is 32.2. The second kappa shape index (κ2) is 11.5. The lowest BCUT2D eigenvalue weighted by Gasteiger charge is -2.32. The molecule has 7 heteroatoms. The predicted octanol–water partition coefficient (Wildman–Crippen LogP) is 4.64. The fraction of sp³-hybridized carbons (Fsp3) is 0.310. The minimum atomic E-state index is -3.70. The quantitative estimate of drug-likeness (QED) is 0.484. The molecule has 1 saturated heterocycles. The van der Waals surface area contributed by atoms with Crippen LogP contribution in [-0.2, 0) is 26.8 Å². The lowest BCUT2D eigenvalue weighted by molar-refractivity contribution is -0.113. The van der Waals surface area contributed by atoms with E-state index in [1.165, 1.54) is 5.56 Å². The van der Waals surface area contributed by atoms with Crippen molar-refractivity contribution in [3.63, 3.8) is 0 Å². The van der Waals surface area contributed by atoms with Crippen LogP contribution in [0.2, 0.25) is 0 Å². The average molecular weight is 505 g/mol. The third kappa shape index (κ3) is 7.28. The second-order valence-corrected chi connectivity index (χ2v) is 11.6. The summed E-state index contributed by atoms with van der Waals surface area (Å²) in [6, 6.07) is 24.3. The largest absolute Gasteiger partial charge is 0.339 e. The zero-order valence-corrected chi connectivity index (χ0v) is 21.3. The van der Waals surface area contributed by atoms with E-state index in [-0.39, 0.29) is 11.7 Å². The molecule has 0 spiro atoms. The first-order valence-electron chi connectivity index (χ1n) is 12.3. The summed E-state index contributed by atoms with van der Waals surface area (Å²) in [6.45, 7) is 3.32. The molecular formula is C29H32N2O4S. The summed E-state index contributed by atoms with van der Waals surface area (Å²) >= 11 is 0. The van der Waals surface area contributed by atoms with Gasteiger partial charge >= 0.3 is 0 Å². The van der Waals surface area contributed by atoms with Crippen molar-refractivity contribution < 1.29 is 18.0 Å². The number of carbonyl (C=O) groups is 2. The standard InChI is InChI=1S/C29H32N2O4S/c1-22-10-12-27(13-11-22)30-28(32)21-36(34,35)20-25-8-5-9-26(19-25)29(33)31-16-14-24(15-17-31)18-23-6-3-2-4-7-23/h2-13,19,24H,14-18,20-21H2,1H3,(H,30,32). The van der Waals surface area contributed by atoms with Crippen LogP contribution in [0.25, 0.3) is 0 Å². The number of hydrogen-bond acceptors (Lipinski definition) is 4. The van der Waals surface area contributed by atoms with Crippen LogP contribution in [0.15, 0.2) is 78.9 Å². The number of hydrogen-bond donors (Lipinski definition) is 1. The normalized spacial score (nSPS) is 14.4. The van der Waals surface area contributed by atoms with Gasteiger partial charge in [-0.1, -0.05) is 60.2 Å². The van der Waals surface area contributed by atoms with Gasteiger partial charge in [0.05, 0.1) is 5.75 Å². The first kappa shape index (κ1) is 25.6. The third-order valence-electron chi connectivity index (χ3n) is 6.52. The van der Waals surface area contributed by atoms with Crippen LogP contribution < -0.4 is 5.32 Å². The van der Waals surface area contributed by atoms with Crippen molar-refractivity contribution >= 4 is 27.3 Å². The van der Waals surface area contributed by atoms with E-state index in [1.807, 2.05) is 30.0 Å². The van der Waals surface area contributed by atoms with Crippen molar-refractivity contribution in [2.45, 2.75) is 31.9 Å². The van der Waals surface area contributed by atoms with E-state index in [2.05, 4.69) is 29.6 Å². The lowest BCUT2D eigenvalue weighted by atomic mass is 9.90. The van der Waals surface area contributed by atoms with Gasteiger partial charge in [0, 0.05) is 24.3 Å². The molecule has 188 valence electrons. The van der Waals surface area contributed by atoms with Gasteiger partial charge in [-0.05, 0) is 67.5 Å². The van der Waals surface area contributed by atoms with Gasteiger partial charge in [-0.15, -0.1) is 0 Å². The van der Waals surface area contributed by atoms with E-state index in [1.54, 1.807) is 36.4 Å². The van der Waals surface area contributed by atoms with Gasteiger partial charge in [-0.3, -0.25) is 9.59 Å². The van der Waals surface area contributed by atoms with Gasteiger partial charge in [-0.25, -0.2) is 8.42 Å². The number of rotatable bonds is 8. The predicted molar refractivity (Wildman–Crippen MR) is 143 cm³/mol. The highest BCUT2D eigenvalue weighted by Gasteiger charge is 2.24. The Labute approximate surface area is 213 Å². The minimum Gasteiger partial charge on any atom is -0.339 e. The van der Waals surface area contributed by atoms with Crippen LogP contribution >= 0.6 is 0 Å². The Balaban J connectivity index is 1.31. The number of amides is 2. The van der Waals surface area contributed by atoms with Gasteiger partial charge in [-0.2, -0.15) is 0 Å². The maximum atomic E-state index is 13.1. The van der Waals surface area contributed by atoms with Gasteiger partial charge in [0.25, 0.3) is 5.91 Å². The Hall–Kier alpha value is -3.45. The Morgan fingerprint density at radius 3 is 2.25 bits per heavy atom. The van der Waals surface area contributed by atoms with Crippen molar-refractivity contribution in [2.75, 3.05) is 24.2 Å².